The molecule has 3 nitrogen and oxygen atoms in total. The fourth-order valence-electron chi connectivity index (χ4n) is 1.55. The van der Waals surface area contributed by atoms with Gasteiger partial charge in [0.2, 0.25) is 5.83 Å². The van der Waals surface area contributed by atoms with Crippen LogP contribution in [-0.4, -0.2) is 18.2 Å². The average Bonchev–Trinajstić information content (AvgIpc) is 2.35. The molecule has 1 unspecified atom stereocenters. The van der Waals surface area contributed by atoms with Crippen LogP contribution in [0.2, 0.25) is 0 Å². The number of carboxylic acid groups (broad SMARTS) is 1. The van der Waals surface area contributed by atoms with E-state index in [1.807, 2.05) is 6.92 Å². The van der Waals surface area contributed by atoms with Gasteiger partial charge >= 0.3 is 5.97 Å². The number of benzene rings is 1. The highest BCUT2D eigenvalue weighted by Gasteiger charge is 2.12. The maximum absolute atomic E-state index is 13.0. The number of carboxylic acids is 1. The van der Waals surface area contributed by atoms with Gasteiger partial charge in [0.15, 0.2) is 0 Å². The van der Waals surface area contributed by atoms with Crippen molar-refractivity contribution in [3.05, 3.63) is 41.7 Å². The highest BCUT2D eigenvalue weighted by molar-refractivity contribution is 5.84. The molecule has 0 amide bonds. The smallest absolute Gasteiger partial charge is 0.364 e. The summed E-state index contributed by atoms with van der Waals surface area (Å²) in [6, 6.07) is 7.15. The summed E-state index contributed by atoms with van der Waals surface area (Å²) in [6.45, 7) is 1.88. The third-order valence-electron chi connectivity index (χ3n) is 2.54. The third kappa shape index (κ3) is 3.59. The predicted molar refractivity (Wildman–Crippen MR) is 62.9 cm³/mol. The molecule has 92 valence electrons. The zero-order valence-electron chi connectivity index (χ0n) is 9.81. The Hall–Kier alpha value is -1.84. The molecule has 0 radical (unpaired) electrons. The van der Waals surface area contributed by atoms with Crippen molar-refractivity contribution in [2.24, 2.45) is 0 Å². The van der Waals surface area contributed by atoms with Gasteiger partial charge in [-0.25, -0.2) is 4.79 Å². The molecule has 1 rings (SSSR count). The topological polar surface area (TPSA) is 46.5 Å². The fourth-order valence-corrected chi connectivity index (χ4v) is 1.55. The zero-order chi connectivity index (χ0) is 12.8. The second-order valence-corrected chi connectivity index (χ2v) is 3.61. The Balaban J connectivity index is 2.93. The molecule has 4 heteroatoms. The van der Waals surface area contributed by atoms with E-state index < -0.39 is 11.8 Å². The molecule has 0 saturated heterocycles. The Labute approximate surface area is 99.5 Å². The molecule has 0 heterocycles. The van der Waals surface area contributed by atoms with Crippen LogP contribution in [0.1, 0.15) is 24.8 Å². The van der Waals surface area contributed by atoms with Crippen LogP contribution in [0.3, 0.4) is 0 Å². The van der Waals surface area contributed by atoms with Crippen LogP contribution in [0, 0.1) is 0 Å². The van der Waals surface area contributed by atoms with E-state index in [9.17, 15) is 9.18 Å². The lowest BCUT2D eigenvalue weighted by atomic mass is 9.96. The first kappa shape index (κ1) is 13.2. The van der Waals surface area contributed by atoms with Gasteiger partial charge in [-0.3, -0.25) is 0 Å². The largest absolute Gasteiger partial charge is 0.497 e. The zero-order valence-corrected chi connectivity index (χ0v) is 9.81. The molecule has 0 aromatic heterocycles. The molecular formula is C13H15FO3. The first-order valence-electron chi connectivity index (χ1n) is 5.33. The van der Waals surface area contributed by atoms with Crippen molar-refractivity contribution in [2.45, 2.75) is 19.3 Å². The standard InChI is InChI=1S/C13H15FO3/c1-3-9(8-12(14)13(15)16)10-4-6-11(17-2)7-5-10/h4-9H,3H2,1-2H3,(H,15,16). The minimum atomic E-state index is -1.53. The number of allylic oxidation sites excluding steroid dienone is 1. The van der Waals surface area contributed by atoms with Gasteiger partial charge in [-0.05, 0) is 30.2 Å². The molecule has 0 aliphatic carbocycles. The van der Waals surface area contributed by atoms with Crippen LogP contribution in [0.5, 0.6) is 5.75 Å². The summed E-state index contributed by atoms with van der Waals surface area (Å²) < 4.78 is 18.0. The van der Waals surface area contributed by atoms with Crippen LogP contribution in [0.15, 0.2) is 36.2 Å². The molecule has 0 aliphatic rings. The van der Waals surface area contributed by atoms with Crippen LogP contribution in [0.4, 0.5) is 4.39 Å². The Morgan fingerprint density at radius 3 is 2.47 bits per heavy atom. The van der Waals surface area contributed by atoms with Crippen molar-refractivity contribution in [1.29, 1.82) is 0 Å². The third-order valence-corrected chi connectivity index (χ3v) is 2.54. The van der Waals surface area contributed by atoms with Crippen molar-refractivity contribution in [1.82, 2.24) is 0 Å². The number of rotatable bonds is 5. The number of hydrogen-bond acceptors (Lipinski definition) is 2. The highest BCUT2D eigenvalue weighted by Crippen LogP contribution is 2.24. The summed E-state index contributed by atoms with van der Waals surface area (Å²) in [7, 11) is 1.57. The molecular weight excluding hydrogens is 223 g/mol. The minimum Gasteiger partial charge on any atom is -0.497 e. The second-order valence-electron chi connectivity index (χ2n) is 3.61. The molecule has 0 saturated carbocycles. The Bertz CT molecular complexity index is 409. The number of carbonyl (C=O) groups is 1. The molecule has 1 N–H and O–H groups in total. The maximum atomic E-state index is 13.0. The van der Waals surface area contributed by atoms with Crippen molar-refractivity contribution in [3.63, 3.8) is 0 Å². The number of ether oxygens (including phenoxy) is 1. The van der Waals surface area contributed by atoms with Gasteiger partial charge in [0.25, 0.3) is 0 Å². The monoisotopic (exact) mass is 238 g/mol. The first-order chi connectivity index (χ1) is 8.08. The van der Waals surface area contributed by atoms with E-state index in [0.717, 1.165) is 11.6 Å². The van der Waals surface area contributed by atoms with Crippen molar-refractivity contribution in [2.75, 3.05) is 7.11 Å². The van der Waals surface area contributed by atoms with E-state index in [2.05, 4.69) is 0 Å². The summed E-state index contributed by atoms with van der Waals surface area (Å²) in [5, 5.41) is 8.49. The molecule has 1 aromatic carbocycles. The normalized spacial score (nSPS) is 13.2. The molecule has 1 aromatic rings. The van der Waals surface area contributed by atoms with Crippen LogP contribution < -0.4 is 4.74 Å². The molecule has 0 aliphatic heterocycles. The molecule has 17 heavy (non-hydrogen) atoms. The Kier molecular flexibility index (Phi) is 4.69. The van der Waals surface area contributed by atoms with Gasteiger partial charge in [-0.15, -0.1) is 0 Å². The summed E-state index contributed by atoms with van der Waals surface area (Å²) >= 11 is 0. The molecule has 1 atom stereocenters. The SMILES string of the molecule is CCC(C=C(F)C(=O)O)c1ccc(OC)cc1. The maximum Gasteiger partial charge on any atom is 0.364 e. The van der Waals surface area contributed by atoms with Crippen molar-refractivity contribution in [3.8, 4) is 5.75 Å². The summed E-state index contributed by atoms with van der Waals surface area (Å²) in [5.41, 5.74) is 0.865. The second kappa shape index (κ2) is 6.03. The lowest BCUT2D eigenvalue weighted by Gasteiger charge is -2.11. The fraction of sp³-hybridized carbons (Fsp3) is 0.308. The van der Waals surface area contributed by atoms with Crippen LogP contribution in [-0.2, 0) is 4.79 Å². The first-order valence-corrected chi connectivity index (χ1v) is 5.33. The van der Waals surface area contributed by atoms with Crippen molar-refractivity contribution < 1.29 is 19.0 Å². The highest BCUT2D eigenvalue weighted by atomic mass is 19.1. The summed E-state index contributed by atoms with van der Waals surface area (Å²) in [6.07, 6.45) is 1.76. The summed E-state index contributed by atoms with van der Waals surface area (Å²) in [5.74, 6) is -2.17. The van der Waals surface area contributed by atoms with Crippen LogP contribution >= 0.6 is 0 Å². The Morgan fingerprint density at radius 1 is 1.47 bits per heavy atom. The quantitative estimate of drug-likeness (QED) is 0.801. The van der Waals surface area contributed by atoms with Gasteiger partial charge in [0.05, 0.1) is 7.11 Å². The predicted octanol–water partition coefficient (Wildman–Crippen LogP) is 3.13. The lowest BCUT2D eigenvalue weighted by molar-refractivity contribution is -0.134. The van der Waals surface area contributed by atoms with Gasteiger partial charge < -0.3 is 9.84 Å². The molecule has 0 fully saturated rings. The van der Waals surface area contributed by atoms with Crippen LogP contribution in [0.25, 0.3) is 0 Å². The number of methoxy groups -OCH3 is 1. The average molecular weight is 238 g/mol. The minimum absolute atomic E-state index is 0.239. The van der Waals surface area contributed by atoms with Gasteiger partial charge in [-0.2, -0.15) is 4.39 Å². The lowest BCUT2D eigenvalue weighted by Crippen LogP contribution is -2.00. The summed E-state index contributed by atoms with van der Waals surface area (Å²) in [4.78, 5) is 10.4. The Morgan fingerprint density at radius 2 is 2.06 bits per heavy atom. The van der Waals surface area contributed by atoms with E-state index in [1.54, 1.807) is 31.4 Å². The number of aliphatic carboxylic acids is 1. The molecule has 0 spiro atoms. The van der Waals surface area contributed by atoms with Gasteiger partial charge in [-0.1, -0.05) is 19.1 Å². The van der Waals surface area contributed by atoms with Gasteiger partial charge in [0, 0.05) is 5.92 Å². The van der Waals surface area contributed by atoms with E-state index in [4.69, 9.17) is 9.84 Å². The molecule has 0 bridgehead atoms. The van der Waals surface area contributed by atoms with E-state index in [-0.39, 0.29) is 5.92 Å². The number of halogens is 1. The van der Waals surface area contributed by atoms with E-state index >= 15 is 0 Å². The van der Waals surface area contributed by atoms with E-state index in [1.165, 1.54) is 0 Å². The van der Waals surface area contributed by atoms with E-state index in [0.29, 0.717) is 12.2 Å². The van der Waals surface area contributed by atoms with Gasteiger partial charge in [0.1, 0.15) is 5.75 Å². The number of hydrogen-bond donors (Lipinski definition) is 1. The van der Waals surface area contributed by atoms with Crippen molar-refractivity contribution >= 4 is 5.97 Å².